The number of anilines is 2. The number of benzene rings is 1. The van der Waals surface area contributed by atoms with Crippen LogP contribution in [-0.4, -0.2) is 23.9 Å². The lowest BCUT2D eigenvalue weighted by Crippen LogP contribution is -2.32. The molecular weight excluding hydrogens is 188 g/mol. The molecule has 1 aliphatic heterocycles. The molecule has 0 saturated heterocycles. The molecule has 3 N–H and O–H groups in total. The summed E-state index contributed by atoms with van der Waals surface area (Å²) >= 11 is 0. The summed E-state index contributed by atoms with van der Waals surface area (Å²) in [5.41, 5.74) is 12.1. The number of hydrogen-bond acceptors (Lipinski definition) is 4. The number of nitrogens with one attached hydrogen (secondary N) is 1. The fourth-order valence-electron chi connectivity index (χ4n) is 1.65. The van der Waals surface area contributed by atoms with Gasteiger partial charge in [0.05, 0.1) is 18.8 Å². The molecule has 1 aliphatic rings. The van der Waals surface area contributed by atoms with Crippen molar-refractivity contribution in [1.82, 2.24) is 5.01 Å². The second-order valence-electron chi connectivity index (χ2n) is 3.77. The van der Waals surface area contributed by atoms with Crippen LogP contribution in [0.5, 0.6) is 0 Å². The first-order valence-corrected chi connectivity index (χ1v) is 5.08. The highest BCUT2D eigenvalue weighted by molar-refractivity contribution is 5.82. The molecular formula is C11H16N4. The van der Waals surface area contributed by atoms with Crippen LogP contribution in [0, 0.1) is 6.92 Å². The molecule has 4 nitrogen and oxygen atoms in total. The summed E-state index contributed by atoms with van der Waals surface area (Å²) in [6.45, 7) is 5.84. The summed E-state index contributed by atoms with van der Waals surface area (Å²) in [6.07, 6.45) is 0. The molecule has 0 fully saturated rings. The zero-order valence-electron chi connectivity index (χ0n) is 9.12. The Labute approximate surface area is 89.8 Å². The monoisotopic (exact) mass is 204 g/mol. The fraction of sp³-hybridized carbons (Fsp3) is 0.364. The number of nitrogens with two attached hydrogens (primary N) is 1. The number of nitrogens with zero attached hydrogens (tertiary/aromatic N) is 2. The number of hydrazine groups is 1. The molecule has 2 rings (SSSR count). The van der Waals surface area contributed by atoms with Crippen LogP contribution in [0.2, 0.25) is 0 Å². The zero-order chi connectivity index (χ0) is 10.8. The molecule has 1 heterocycles. The molecule has 80 valence electrons. The van der Waals surface area contributed by atoms with Gasteiger partial charge in [0.1, 0.15) is 5.84 Å². The Hall–Kier alpha value is -1.71. The van der Waals surface area contributed by atoms with Crippen LogP contribution in [0.1, 0.15) is 12.5 Å². The van der Waals surface area contributed by atoms with Crippen LogP contribution in [0.3, 0.4) is 0 Å². The van der Waals surface area contributed by atoms with Crippen molar-refractivity contribution in [1.29, 1.82) is 0 Å². The van der Waals surface area contributed by atoms with E-state index in [9.17, 15) is 0 Å². The molecule has 0 saturated carbocycles. The van der Waals surface area contributed by atoms with E-state index in [0.717, 1.165) is 35.9 Å². The predicted octanol–water partition coefficient (Wildman–Crippen LogP) is 1.64. The second kappa shape index (κ2) is 3.81. The molecule has 1 aromatic rings. The van der Waals surface area contributed by atoms with Crippen molar-refractivity contribution in [2.24, 2.45) is 4.99 Å². The Morgan fingerprint density at radius 1 is 1.40 bits per heavy atom. The fourth-order valence-corrected chi connectivity index (χ4v) is 1.65. The maximum absolute atomic E-state index is 5.70. The highest BCUT2D eigenvalue weighted by atomic mass is 15.5. The summed E-state index contributed by atoms with van der Waals surface area (Å²) in [4.78, 5) is 4.32. The first kappa shape index (κ1) is 9.83. The lowest BCUT2D eigenvalue weighted by Gasteiger charge is -2.21. The van der Waals surface area contributed by atoms with Crippen molar-refractivity contribution in [3.05, 3.63) is 23.8 Å². The standard InChI is InChI=1S/C11H16N4/c1-8-7-10(12)3-4-11(8)14-15-6-5-13-9(15)2/h3-4,7,14H,5-6,12H2,1-2H3. The number of aryl methyl sites for hydroxylation is 1. The van der Waals surface area contributed by atoms with E-state index in [-0.39, 0.29) is 0 Å². The average Bonchev–Trinajstić information content (AvgIpc) is 2.57. The summed E-state index contributed by atoms with van der Waals surface area (Å²) in [5, 5.41) is 2.05. The van der Waals surface area contributed by atoms with Gasteiger partial charge >= 0.3 is 0 Å². The molecule has 0 unspecified atom stereocenters. The van der Waals surface area contributed by atoms with Crippen LogP contribution in [0.4, 0.5) is 11.4 Å². The SMILES string of the molecule is CC1=NCCN1Nc1ccc(N)cc1C. The van der Waals surface area contributed by atoms with E-state index >= 15 is 0 Å². The van der Waals surface area contributed by atoms with Gasteiger partial charge in [-0.05, 0) is 37.6 Å². The lowest BCUT2D eigenvalue weighted by atomic mass is 10.2. The van der Waals surface area contributed by atoms with E-state index in [1.165, 1.54) is 0 Å². The van der Waals surface area contributed by atoms with Crippen molar-refractivity contribution in [3.8, 4) is 0 Å². The molecule has 0 aliphatic carbocycles. The molecule has 4 heteroatoms. The largest absolute Gasteiger partial charge is 0.399 e. The number of hydrogen-bond donors (Lipinski definition) is 2. The first-order valence-electron chi connectivity index (χ1n) is 5.08. The van der Waals surface area contributed by atoms with Crippen LogP contribution in [-0.2, 0) is 0 Å². The Balaban J connectivity index is 2.14. The molecule has 0 radical (unpaired) electrons. The van der Waals surface area contributed by atoms with E-state index in [0.29, 0.717) is 0 Å². The van der Waals surface area contributed by atoms with Crippen LogP contribution >= 0.6 is 0 Å². The topological polar surface area (TPSA) is 53.6 Å². The van der Waals surface area contributed by atoms with Crippen LogP contribution in [0.15, 0.2) is 23.2 Å². The Kier molecular flexibility index (Phi) is 2.49. The number of amidine groups is 1. The van der Waals surface area contributed by atoms with Gasteiger partial charge in [-0.1, -0.05) is 0 Å². The highest BCUT2D eigenvalue weighted by Gasteiger charge is 2.12. The first-order chi connectivity index (χ1) is 7.16. The van der Waals surface area contributed by atoms with Crippen molar-refractivity contribution in [2.75, 3.05) is 24.2 Å². The average molecular weight is 204 g/mol. The molecule has 0 amide bonds. The Morgan fingerprint density at radius 2 is 2.20 bits per heavy atom. The maximum atomic E-state index is 5.70. The number of nitrogen functional groups attached to an aromatic ring is 1. The van der Waals surface area contributed by atoms with Gasteiger partial charge in [-0.3, -0.25) is 15.4 Å². The molecule has 1 aromatic carbocycles. The summed E-state index contributed by atoms with van der Waals surface area (Å²) in [7, 11) is 0. The minimum absolute atomic E-state index is 0.796. The summed E-state index contributed by atoms with van der Waals surface area (Å²) in [5.74, 6) is 1.03. The van der Waals surface area contributed by atoms with E-state index in [1.54, 1.807) is 0 Å². The third-order valence-corrected chi connectivity index (χ3v) is 2.56. The molecule has 0 atom stereocenters. The van der Waals surface area contributed by atoms with E-state index in [4.69, 9.17) is 5.73 Å². The molecule has 0 spiro atoms. The van der Waals surface area contributed by atoms with Crippen molar-refractivity contribution >= 4 is 17.2 Å². The van der Waals surface area contributed by atoms with Gasteiger partial charge in [0.25, 0.3) is 0 Å². The Morgan fingerprint density at radius 3 is 2.80 bits per heavy atom. The lowest BCUT2D eigenvalue weighted by molar-refractivity contribution is 0.542. The third kappa shape index (κ3) is 2.03. The van der Waals surface area contributed by atoms with Crippen molar-refractivity contribution < 1.29 is 0 Å². The van der Waals surface area contributed by atoms with E-state index in [1.807, 2.05) is 32.0 Å². The van der Waals surface area contributed by atoms with Gasteiger partial charge in [-0.25, -0.2) is 0 Å². The smallest absolute Gasteiger partial charge is 0.114 e. The maximum Gasteiger partial charge on any atom is 0.114 e. The summed E-state index contributed by atoms with van der Waals surface area (Å²) < 4.78 is 0. The van der Waals surface area contributed by atoms with Crippen molar-refractivity contribution in [2.45, 2.75) is 13.8 Å². The quantitative estimate of drug-likeness (QED) is 0.720. The van der Waals surface area contributed by atoms with Gasteiger partial charge < -0.3 is 5.73 Å². The molecule has 15 heavy (non-hydrogen) atoms. The normalized spacial score (nSPS) is 15.3. The summed E-state index contributed by atoms with van der Waals surface area (Å²) in [6, 6.07) is 5.86. The van der Waals surface area contributed by atoms with E-state index < -0.39 is 0 Å². The molecule has 0 aromatic heterocycles. The minimum atomic E-state index is 0.796. The minimum Gasteiger partial charge on any atom is -0.399 e. The van der Waals surface area contributed by atoms with Gasteiger partial charge in [-0.2, -0.15) is 0 Å². The highest BCUT2D eigenvalue weighted by Crippen LogP contribution is 2.19. The predicted molar refractivity (Wildman–Crippen MR) is 63.9 cm³/mol. The van der Waals surface area contributed by atoms with Gasteiger partial charge in [-0.15, -0.1) is 0 Å². The Bertz CT molecular complexity index is 398. The van der Waals surface area contributed by atoms with Gasteiger partial charge in [0.15, 0.2) is 0 Å². The van der Waals surface area contributed by atoms with Gasteiger partial charge in [0, 0.05) is 5.69 Å². The van der Waals surface area contributed by atoms with Gasteiger partial charge in [0.2, 0.25) is 0 Å². The van der Waals surface area contributed by atoms with E-state index in [2.05, 4.69) is 15.4 Å². The van der Waals surface area contributed by atoms with Crippen LogP contribution < -0.4 is 11.2 Å². The van der Waals surface area contributed by atoms with Crippen molar-refractivity contribution in [3.63, 3.8) is 0 Å². The van der Waals surface area contributed by atoms with Crippen LogP contribution in [0.25, 0.3) is 0 Å². The number of rotatable bonds is 2. The zero-order valence-corrected chi connectivity index (χ0v) is 9.12. The third-order valence-electron chi connectivity index (χ3n) is 2.56. The second-order valence-corrected chi connectivity index (χ2v) is 3.77. The molecule has 0 bridgehead atoms. The number of aliphatic imine (C=N–C) groups is 1.